The SMILES string of the molecule is CC1=CN([C@H]2C[C@H](N=[N+]=N)[C@@H](CO)O2)C(=O)CC1=O. The number of rotatable bonds is 3. The molecule has 0 unspecified atom stereocenters. The first kappa shape index (κ1) is 13.5. The number of aliphatic hydroxyl groups is 1. The van der Waals surface area contributed by atoms with Crippen molar-refractivity contribution < 1.29 is 19.4 Å². The van der Waals surface area contributed by atoms with Crippen molar-refractivity contribution in [1.29, 1.82) is 5.53 Å². The summed E-state index contributed by atoms with van der Waals surface area (Å²) in [5.41, 5.74) is 7.22. The van der Waals surface area contributed by atoms with Crippen LogP contribution in [0, 0.1) is 5.53 Å². The molecule has 0 spiro atoms. The van der Waals surface area contributed by atoms with Crippen LogP contribution in [0.5, 0.6) is 0 Å². The maximum absolute atomic E-state index is 11.8. The number of Topliss-reactive ketones (excluding diaryl/α,β-unsaturated/α-hetero) is 1. The van der Waals surface area contributed by atoms with E-state index in [2.05, 4.69) is 10.0 Å². The number of nitrogens with zero attached hydrogens (tertiary/aromatic N) is 3. The lowest BCUT2D eigenvalue weighted by molar-refractivity contribution is -0.144. The largest absolute Gasteiger partial charge is 0.394 e. The number of aliphatic hydroxyl groups excluding tert-OH is 1. The van der Waals surface area contributed by atoms with Crippen molar-refractivity contribution in [2.75, 3.05) is 6.61 Å². The Kier molecular flexibility index (Phi) is 3.84. The van der Waals surface area contributed by atoms with Gasteiger partial charge in [0.05, 0.1) is 13.0 Å². The zero-order chi connectivity index (χ0) is 14.0. The molecule has 19 heavy (non-hydrogen) atoms. The molecule has 3 atom stereocenters. The molecule has 1 amide bonds. The Morgan fingerprint density at radius 3 is 3.00 bits per heavy atom. The Balaban J connectivity index is 2.17. The third-order valence-corrected chi connectivity index (χ3v) is 3.27. The topological polar surface area (TPSA) is 117 Å². The lowest BCUT2D eigenvalue weighted by atomic mass is 10.1. The van der Waals surface area contributed by atoms with Gasteiger partial charge in [-0.05, 0) is 6.92 Å². The van der Waals surface area contributed by atoms with Crippen molar-refractivity contribution in [3.63, 3.8) is 0 Å². The van der Waals surface area contributed by atoms with Gasteiger partial charge in [-0.1, -0.05) is 0 Å². The molecule has 0 bridgehead atoms. The molecule has 102 valence electrons. The van der Waals surface area contributed by atoms with Crippen LogP contribution in [0.3, 0.4) is 0 Å². The van der Waals surface area contributed by atoms with Gasteiger partial charge in [-0.3, -0.25) is 14.5 Å². The summed E-state index contributed by atoms with van der Waals surface area (Å²) in [6.07, 6.45) is 0.475. The second-order valence-corrected chi connectivity index (χ2v) is 4.54. The molecule has 0 aromatic heterocycles. The third kappa shape index (κ3) is 2.60. The molecule has 2 aliphatic rings. The highest BCUT2D eigenvalue weighted by atomic mass is 16.5. The first-order valence-electron chi connectivity index (χ1n) is 5.92. The fourth-order valence-corrected chi connectivity index (χ4v) is 2.21. The molecule has 1 fully saturated rings. The highest BCUT2D eigenvalue weighted by Gasteiger charge is 2.43. The number of amides is 1. The van der Waals surface area contributed by atoms with Crippen molar-refractivity contribution in [2.45, 2.75) is 38.1 Å². The number of ketones is 1. The number of carbonyl (C=O) groups is 2. The first-order valence-corrected chi connectivity index (χ1v) is 5.92. The maximum atomic E-state index is 11.8. The van der Waals surface area contributed by atoms with Crippen molar-refractivity contribution in [3.8, 4) is 0 Å². The Morgan fingerprint density at radius 2 is 2.37 bits per heavy atom. The molecule has 8 nitrogen and oxygen atoms in total. The number of ether oxygens (including phenoxy) is 1. The van der Waals surface area contributed by atoms with Crippen LogP contribution in [-0.2, 0) is 14.3 Å². The van der Waals surface area contributed by atoms with E-state index in [1.807, 2.05) is 0 Å². The van der Waals surface area contributed by atoms with E-state index in [9.17, 15) is 14.7 Å². The molecular weight excluding hydrogens is 252 g/mol. The molecule has 2 rings (SSSR count). The molecule has 0 aromatic rings. The highest BCUT2D eigenvalue weighted by molar-refractivity contribution is 6.09. The summed E-state index contributed by atoms with van der Waals surface area (Å²) >= 11 is 0. The van der Waals surface area contributed by atoms with Gasteiger partial charge in [-0.15, -0.1) is 0 Å². The molecule has 2 N–H and O–H groups in total. The summed E-state index contributed by atoms with van der Waals surface area (Å²) in [5.74, 6) is -0.527. The van der Waals surface area contributed by atoms with Crippen LogP contribution in [-0.4, -0.2) is 46.7 Å². The van der Waals surface area contributed by atoms with Gasteiger partial charge in [0.25, 0.3) is 0 Å². The lowest BCUT2D eigenvalue weighted by Gasteiger charge is -2.28. The van der Waals surface area contributed by atoms with Crippen molar-refractivity contribution in [1.82, 2.24) is 9.81 Å². The van der Waals surface area contributed by atoms with Gasteiger partial charge in [-0.2, -0.15) is 0 Å². The molecule has 0 radical (unpaired) electrons. The number of hydrogen-bond donors (Lipinski definition) is 2. The minimum atomic E-state index is -0.585. The summed E-state index contributed by atoms with van der Waals surface area (Å²) in [5, 5.41) is 12.8. The second-order valence-electron chi connectivity index (χ2n) is 4.54. The molecule has 0 aromatic carbocycles. The summed E-state index contributed by atoms with van der Waals surface area (Å²) in [6.45, 7) is 1.38. The van der Waals surface area contributed by atoms with Crippen LogP contribution in [0.2, 0.25) is 0 Å². The number of allylic oxidation sites excluding steroid dienone is 1. The summed E-state index contributed by atoms with van der Waals surface area (Å²) in [6, 6.07) is -0.452. The van der Waals surface area contributed by atoms with Crippen LogP contribution in [0.1, 0.15) is 19.8 Å². The standard InChI is InChI=1S/C11H15N4O4/c1-6-4-15(10(18)3-8(6)17)11-2-7(13-14-12)9(5-16)19-11/h4,7,9,11-12,16H,2-3,5H2,1H3/q+1/t7-,9+,11+/m0/s1. The van der Waals surface area contributed by atoms with Gasteiger partial charge in [0.2, 0.25) is 10.8 Å². The lowest BCUT2D eigenvalue weighted by Crippen LogP contribution is -2.40. The molecule has 0 saturated carbocycles. The Labute approximate surface area is 109 Å². The Morgan fingerprint density at radius 1 is 1.63 bits per heavy atom. The maximum Gasteiger partial charge on any atom is 0.236 e. The van der Waals surface area contributed by atoms with Crippen LogP contribution in [0.25, 0.3) is 0 Å². The van der Waals surface area contributed by atoms with Crippen LogP contribution in [0.4, 0.5) is 0 Å². The predicted molar refractivity (Wildman–Crippen MR) is 61.7 cm³/mol. The van der Waals surface area contributed by atoms with Gasteiger partial charge in [-0.25, -0.2) is 0 Å². The van der Waals surface area contributed by atoms with Crippen molar-refractivity contribution >= 4 is 11.7 Å². The van der Waals surface area contributed by atoms with Crippen molar-refractivity contribution in [2.24, 2.45) is 5.11 Å². The predicted octanol–water partition coefficient (Wildman–Crippen LogP) is -0.282. The highest BCUT2D eigenvalue weighted by Crippen LogP contribution is 2.28. The minimum Gasteiger partial charge on any atom is -0.394 e. The van der Waals surface area contributed by atoms with Gasteiger partial charge < -0.3 is 9.84 Å². The third-order valence-electron chi connectivity index (χ3n) is 3.27. The zero-order valence-corrected chi connectivity index (χ0v) is 10.4. The monoisotopic (exact) mass is 267 g/mol. The molecule has 2 heterocycles. The van der Waals surface area contributed by atoms with Gasteiger partial charge in [0.15, 0.2) is 11.8 Å². The van der Waals surface area contributed by atoms with Crippen LogP contribution < -0.4 is 4.91 Å². The molecule has 2 aliphatic heterocycles. The van der Waals surface area contributed by atoms with Gasteiger partial charge in [0, 0.05) is 18.2 Å². The Hall–Kier alpha value is -1.89. The smallest absolute Gasteiger partial charge is 0.236 e. The van der Waals surface area contributed by atoms with Gasteiger partial charge in [0.1, 0.15) is 23.0 Å². The van der Waals surface area contributed by atoms with Gasteiger partial charge >= 0.3 is 0 Å². The van der Waals surface area contributed by atoms with E-state index in [4.69, 9.17) is 10.3 Å². The minimum absolute atomic E-state index is 0.170. The molecule has 1 saturated heterocycles. The zero-order valence-electron chi connectivity index (χ0n) is 10.4. The fourth-order valence-electron chi connectivity index (χ4n) is 2.21. The quantitative estimate of drug-likeness (QED) is 0.415. The Bertz CT molecular complexity index is 483. The van der Waals surface area contributed by atoms with E-state index in [0.29, 0.717) is 12.0 Å². The van der Waals surface area contributed by atoms with E-state index >= 15 is 0 Å². The first-order chi connectivity index (χ1) is 9.06. The van der Waals surface area contributed by atoms with E-state index in [1.165, 1.54) is 11.1 Å². The number of hydrogen-bond acceptors (Lipinski definition) is 6. The van der Waals surface area contributed by atoms with E-state index in [0.717, 1.165) is 0 Å². The normalized spacial score (nSPS) is 31.2. The molecular formula is C11H15N4O4+. The van der Waals surface area contributed by atoms with E-state index < -0.39 is 18.4 Å². The molecule has 8 heteroatoms. The van der Waals surface area contributed by atoms with Crippen LogP contribution >= 0.6 is 0 Å². The number of carbonyl (C=O) groups excluding carboxylic acids is 2. The summed E-state index contributed by atoms with van der Waals surface area (Å²) in [7, 11) is 0. The summed E-state index contributed by atoms with van der Waals surface area (Å²) < 4.78 is 5.53. The average molecular weight is 267 g/mol. The van der Waals surface area contributed by atoms with Crippen LogP contribution in [0.15, 0.2) is 16.9 Å². The van der Waals surface area contributed by atoms with E-state index in [1.54, 1.807) is 6.92 Å². The van der Waals surface area contributed by atoms with E-state index in [-0.39, 0.29) is 24.7 Å². The fraction of sp³-hybridized carbons (Fsp3) is 0.636. The van der Waals surface area contributed by atoms with Crippen molar-refractivity contribution in [3.05, 3.63) is 11.8 Å². The second kappa shape index (κ2) is 5.40. The average Bonchev–Trinajstić information content (AvgIpc) is 2.77. The number of nitrogens with one attached hydrogen (secondary N) is 1. The molecule has 0 aliphatic carbocycles. The summed E-state index contributed by atoms with van der Waals surface area (Å²) in [4.78, 5) is 27.5.